The number of aliphatic carboxylic acids is 1. The number of hydrogen-bond acceptors (Lipinski definition) is 3. The summed E-state index contributed by atoms with van der Waals surface area (Å²) in [6.45, 7) is 1.98. The van der Waals surface area contributed by atoms with Crippen LogP contribution in [0.1, 0.15) is 19.8 Å². The molecule has 0 rings (SSSR count). The van der Waals surface area contributed by atoms with Gasteiger partial charge < -0.3 is 22.1 Å². The van der Waals surface area contributed by atoms with Crippen molar-refractivity contribution >= 4 is 18.4 Å². The normalized spacial score (nSPS) is 13.6. The van der Waals surface area contributed by atoms with E-state index in [0.29, 0.717) is 19.4 Å². The lowest BCUT2D eigenvalue weighted by atomic mass is 9.98. The second-order valence-corrected chi connectivity index (χ2v) is 2.61. The molecule has 0 aliphatic heterocycles. The highest BCUT2D eigenvalue weighted by Crippen LogP contribution is 2.07. The first-order valence-corrected chi connectivity index (χ1v) is 3.23. The molecule has 12 heavy (non-hydrogen) atoms. The van der Waals surface area contributed by atoms with Crippen LogP contribution in [0.2, 0.25) is 0 Å². The van der Waals surface area contributed by atoms with Crippen molar-refractivity contribution in [1.82, 2.24) is 0 Å². The summed E-state index contributed by atoms with van der Waals surface area (Å²) in [5, 5.41) is 8.50. The first-order chi connectivity index (χ1) is 4.50. The molecule has 0 fully saturated rings. The van der Waals surface area contributed by atoms with Crippen LogP contribution < -0.4 is 11.5 Å². The third kappa shape index (κ3) is 6.36. The summed E-state index contributed by atoms with van der Waals surface area (Å²) in [7, 11) is 0. The second kappa shape index (κ2) is 7.30. The molecule has 0 bridgehead atoms. The lowest BCUT2D eigenvalue weighted by molar-refractivity contribution is -0.142. The van der Waals surface area contributed by atoms with Crippen LogP contribution in [-0.2, 0) is 4.79 Å². The Balaban J connectivity index is -0.000000405. The molecular formula is C6H17ClN2O3. The molecule has 76 valence electrons. The molecule has 0 saturated heterocycles. The number of halogens is 1. The smallest absolute Gasteiger partial charge is 0.323 e. The fourth-order valence-electron chi connectivity index (χ4n) is 0.576. The summed E-state index contributed by atoms with van der Waals surface area (Å²) in [5.41, 5.74) is 9.47. The number of hydrogen-bond donors (Lipinski definition) is 3. The summed E-state index contributed by atoms with van der Waals surface area (Å²) in [6.07, 6.45) is 1.08. The van der Waals surface area contributed by atoms with Gasteiger partial charge in [0.1, 0.15) is 5.54 Å². The van der Waals surface area contributed by atoms with Crippen LogP contribution in [0.5, 0.6) is 0 Å². The quantitative estimate of drug-likeness (QED) is 0.546. The molecule has 0 heterocycles. The van der Waals surface area contributed by atoms with Gasteiger partial charge in [-0.25, -0.2) is 0 Å². The molecule has 0 radical (unpaired) electrons. The predicted molar refractivity (Wildman–Crippen MR) is 49.4 cm³/mol. The van der Waals surface area contributed by atoms with Gasteiger partial charge in [-0.05, 0) is 26.3 Å². The van der Waals surface area contributed by atoms with Crippen LogP contribution in [0, 0.1) is 0 Å². The van der Waals surface area contributed by atoms with E-state index < -0.39 is 11.5 Å². The average molecular weight is 201 g/mol. The van der Waals surface area contributed by atoms with Crippen molar-refractivity contribution in [2.75, 3.05) is 6.54 Å². The van der Waals surface area contributed by atoms with Crippen molar-refractivity contribution in [1.29, 1.82) is 0 Å². The highest BCUT2D eigenvalue weighted by atomic mass is 35.5. The summed E-state index contributed by atoms with van der Waals surface area (Å²) in [4.78, 5) is 10.4. The van der Waals surface area contributed by atoms with Gasteiger partial charge in [0, 0.05) is 0 Å². The fraction of sp³-hybridized carbons (Fsp3) is 0.833. The molecule has 5 nitrogen and oxygen atoms in total. The first-order valence-electron chi connectivity index (χ1n) is 3.23. The van der Waals surface area contributed by atoms with Crippen LogP contribution in [0.4, 0.5) is 0 Å². The Hall–Kier alpha value is -0.360. The zero-order valence-electron chi connectivity index (χ0n) is 7.04. The van der Waals surface area contributed by atoms with Gasteiger partial charge in [0.15, 0.2) is 0 Å². The molecule has 1 atom stereocenters. The maximum absolute atomic E-state index is 10.4. The third-order valence-corrected chi connectivity index (χ3v) is 1.39. The Morgan fingerprint density at radius 3 is 2.25 bits per heavy atom. The Kier molecular flexibility index (Phi) is 10.7. The molecule has 7 N–H and O–H groups in total. The molecule has 0 aromatic heterocycles. The molecule has 0 aromatic rings. The molecular weight excluding hydrogens is 184 g/mol. The van der Waals surface area contributed by atoms with Crippen molar-refractivity contribution in [3.05, 3.63) is 0 Å². The van der Waals surface area contributed by atoms with Crippen molar-refractivity contribution in [3.8, 4) is 0 Å². The maximum Gasteiger partial charge on any atom is 0.323 e. The average Bonchev–Trinajstić information content (AvgIpc) is 1.84. The van der Waals surface area contributed by atoms with Crippen molar-refractivity contribution in [3.63, 3.8) is 0 Å². The van der Waals surface area contributed by atoms with Crippen LogP contribution in [-0.4, -0.2) is 28.6 Å². The van der Waals surface area contributed by atoms with E-state index in [0.717, 1.165) is 0 Å². The lowest BCUT2D eigenvalue weighted by Crippen LogP contribution is -2.45. The summed E-state index contributed by atoms with van der Waals surface area (Å²) < 4.78 is 0. The Morgan fingerprint density at radius 2 is 2.00 bits per heavy atom. The summed E-state index contributed by atoms with van der Waals surface area (Å²) in [5.74, 6) is -0.971. The summed E-state index contributed by atoms with van der Waals surface area (Å²) in [6, 6.07) is 0. The van der Waals surface area contributed by atoms with E-state index in [1.807, 2.05) is 0 Å². The van der Waals surface area contributed by atoms with Gasteiger partial charge in [0.25, 0.3) is 0 Å². The van der Waals surface area contributed by atoms with Gasteiger partial charge in [-0.1, -0.05) is 0 Å². The molecule has 0 aliphatic carbocycles. The van der Waals surface area contributed by atoms with E-state index in [1.165, 1.54) is 6.92 Å². The minimum atomic E-state index is -1.11. The lowest BCUT2D eigenvalue weighted by Gasteiger charge is -2.17. The Morgan fingerprint density at radius 1 is 1.58 bits per heavy atom. The first kappa shape index (κ1) is 17.7. The van der Waals surface area contributed by atoms with E-state index >= 15 is 0 Å². The van der Waals surface area contributed by atoms with Gasteiger partial charge in [0.05, 0.1) is 0 Å². The topological polar surface area (TPSA) is 121 Å². The third-order valence-electron chi connectivity index (χ3n) is 1.39. The molecule has 0 saturated carbocycles. The Labute approximate surface area is 77.8 Å². The van der Waals surface area contributed by atoms with E-state index in [4.69, 9.17) is 16.6 Å². The van der Waals surface area contributed by atoms with Crippen LogP contribution >= 0.6 is 12.4 Å². The zero-order chi connectivity index (χ0) is 8.20. The minimum Gasteiger partial charge on any atom is -0.480 e. The molecule has 0 amide bonds. The minimum absolute atomic E-state index is 0. The van der Waals surface area contributed by atoms with E-state index in [2.05, 4.69) is 0 Å². The van der Waals surface area contributed by atoms with Gasteiger partial charge >= 0.3 is 5.97 Å². The number of carboxylic acid groups (broad SMARTS) is 1. The highest BCUT2D eigenvalue weighted by Gasteiger charge is 2.26. The SMILES string of the molecule is CC(N)(CCCN)C(=O)O.Cl.O. The van der Waals surface area contributed by atoms with E-state index in [9.17, 15) is 4.79 Å². The maximum atomic E-state index is 10.4. The molecule has 0 spiro atoms. The number of rotatable bonds is 4. The van der Waals surface area contributed by atoms with Gasteiger partial charge in [-0.3, -0.25) is 4.79 Å². The zero-order valence-corrected chi connectivity index (χ0v) is 7.86. The largest absolute Gasteiger partial charge is 0.480 e. The van der Waals surface area contributed by atoms with Gasteiger partial charge in [-0.2, -0.15) is 0 Å². The van der Waals surface area contributed by atoms with Crippen molar-refractivity contribution in [2.24, 2.45) is 11.5 Å². The highest BCUT2D eigenvalue weighted by molar-refractivity contribution is 5.85. The van der Waals surface area contributed by atoms with Gasteiger partial charge in [0.2, 0.25) is 0 Å². The molecule has 0 aromatic carbocycles. The number of carboxylic acids is 1. The molecule has 6 heteroatoms. The van der Waals surface area contributed by atoms with Gasteiger partial charge in [-0.15, -0.1) is 12.4 Å². The predicted octanol–water partition coefficient (Wildman–Crippen LogP) is -0.876. The molecule has 1 unspecified atom stereocenters. The van der Waals surface area contributed by atoms with Crippen LogP contribution in [0.25, 0.3) is 0 Å². The molecule has 0 aliphatic rings. The fourth-order valence-corrected chi connectivity index (χ4v) is 0.576. The number of carbonyl (C=O) groups is 1. The standard InChI is InChI=1S/C6H14N2O2.ClH.H2O/c1-6(8,5(9)10)3-2-4-7;;/h2-4,7-8H2,1H3,(H,9,10);1H;1H2. The van der Waals surface area contributed by atoms with Crippen molar-refractivity contribution in [2.45, 2.75) is 25.3 Å². The summed E-state index contributed by atoms with van der Waals surface area (Å²) >= 11 is 0. The number of nitrogens with two attached hydrogens (primary N) is 2. The van der Waals surface area contributed by atoms with Crippen LogP contribution in [0.15, 0.2) is 0 Å². The van der Waals surface area contributed by atoms with Crippen molar-refractivity contribution < 1.29 is 15.4 Å². The van der Waals surface area contributed by atoms with Crippen LogP contribution in [0.3, 0.4) is 0 Å². The van der Waals surface area contributed by atoms with E-state index in [1.54, 1.807) is 0 Å². The van der Waals surface area contributed by atoms with E-state index in [-0.39, 0.29) is 17.9 Å². The monoisotopic (exact) mass is 200 g/mol. The Bertz CT molecular complexity index is 130. The second-order valence-electron chi connectivity index (χ2n) is 2.61.